The molecule has 4 nitrogen and oxygen atoms in total. The number of aromatic hydroxyl groups is 1. The lowest BCUT2D eigenvalue weighted by Gasteiger charge is -2.05. The fourth-order valence-electron chi connectivity index (χ4n) is 2.53. The highest BCUT2D eigenvalue weighted by Crippen LogP contribution is 2.27. The zero-order valence-corrected chi connectivity index (χ0v) is 11.9. The first-order valence-electron chi connectivity index (χ1n) is 6.97. The minimum atomic E-state index is 0.234. The average Bonchev–Trinajstić information content (AvgIpc) is 2.86. The van der Waals surface area contributed by atoms with Gasteiger partial charge < -0.3 is 20.1 Å². The van der Waals surface area contributed by atoms with Crippen LogP contribution in [0, 0.1) is 0 Å². The topological polar surface area (TPSA) is 60.4 Å². The second-order valence-corrected chi connectivity index (χ2v) is 4.97. The van der Waals surface area contributed by atoms with Crippen molar-refractivity contribution in [1.82, 2.24) is 4.57 Å². The molecular formula is C17H18N2O2. The lowest BCUT2D eigenvalue weighted by atomic mass is 10.1. The van der Waals surface area contributed by atoms with Gasteiger partial charge in [-0.2, -0.15) is 0 Å². The summed E-state index contributed by atoms with van der Waals surface area (Å²) in [5, 5.41) is 10.4. The number of anilines is 1. The number of nitrogen functional groups attached to an aromatic ring is 1. The minimum Gasteiger partial charge on any atom is -0.508 e. The van der Waals surface area contributed by atoms with Crippen molar-refractivity contribution >= 4 is 16.6 Å². The molecule has 0 aliphatic heterocycles. The van der Waals surface area contributed by atoms with Gasteiger partial charge in [-0.15, -0.1) is 0 Å². The molecule has 0 spiro atoms. The van der Waals surface area contributed by atoms with Crippen molar-refractivity contribution in [3.05, 3.63) is 54.2 Å². The third-order valence-corrected chi connectivity index (χ3v) is 3.58. The smallest absolute Gasteiger partial charge is 0.120 e. The van der Waals surface area contributed by atoms with Crippen LogP contribution in [0.5, 0.6) is 11.5 Å². The van der Waals surface area contributed by atoms with Crippen molar-refractivity contribution in [3.8, 4) is 11.5 Å². The van der Waals surface area contributed by atoms with Crippen molar-refractivity contribution in [2.75, 3.05) is 5.73 Å². The number of benzene rings is 2. The molecule has 3 aromatic rings. The van der Waals surface area contributed by atoms with Crippen LogP contribution in [0.15, 0.2) is 48.7 Å². The number of nitrogens with zero attached hydrogens (tertiary/aromatic N) is 1. The van der Waals surface area contributed by atoms with Crippen LogP contribution in [-0.2, 0) is 13.2 Å². The van der Waals surface area contributed by atoms with Crippen LogP contribution in [0.3, 0.4) is 0 Å². The summed E-state index contributed by atoms with van der Waals surface area (Å²) in [5.74, 6) is 0.965. The maximum Gasteiger partial charge on any atom is 0.120 e. The summed E-state index contributed by atoms with van der Waals surface area (Å²) in [7, 11) is 0. The predicted molar refractivity (Wildman–Crippen MR) is 84.5 cm³/mol. The number of phenolic OH excluding ortho intramolecular Hbond substituents is 1. The first kappa shape index (κ1) is 13.4. The number of hydrogen-bond acceptors (Lipinski definition) is 3. The van der Waals surface area contributed by atoms with Gasteiger partial charge in [-0.25, -0.2) is 0 Å². The first-order chi connectivity index (χ1) is 10.2. The summed E-state index contributed by atoms with van der Waals surface area (Å²) in [5.41, 5.74) is 9.03. The van der Waals surface area contributed by atoms with Crippen LogP contribution in [0.1, 0.15) is 12.5 Å². The Morgan fingerprint density at radius 3 is 2.62 bits per heavy atom. The van der Waals surface area contributed by atoms with Crippen LogP contribution >= 0.6 is 0 Å². The third kappa shape index (κ3) is 2.52. The molecule has 0 saturated carbocycles. The van der Waals surface area contributed by atoms with Gasteiger partial charge in [0, 0.05) is 23.7 Å². The average molecular weight is 282 g/mol. The number of phenols is 1. The van der Waals surface area contributed by atoms with Crippen molar-refractivity contribution in [2.45, 2.75) is 20.1 Å². The molecule has 0 aliphatic rings. The number of nitrogens with two attached hydrogens (primary N) is 1. The molecule has 2 aromatic carbocycles. The number of aromatic nitrogens is 1. The predicted octanol–water partition coefficient (Wildman–Crippen LogP) is 3.53. The Morgan fingerprint density at radius 1 is 1.14 bits per heavy atom. The van der Waals surface area contributed by atoms with Gasteiger partial charge in [0.1, 0.15) is 18.1 Å². The molecule has 4 heteroatoms. The fourth-order valence-corrected chi connectivity index (χ4v) is 2.53. The molecule has 3 rings (SSSR count). The van der Waals surface area contributed by atoms with Crippen LogP contribution in [0.4, 0.5) is 5.69 Å². The molecule has 0 atom stereocenters. The third-order valence-electron chi connectivity index (χ3n) is 3.58. The molecule has 108 valence electrons. The molecule has 0 radical (unpaired) electrons. The second-order valence-electron chi connectivity index (χ2n) is 4.97. The Hall–Kier alpha value is -2.62. The van der Waals surface area contributed by atoms with E-state index < -0.39 is 0 Å². The van der Waals surface area contributed by atoms with E-state index >= 15 is 0 Å². The maximum atomic E-state index is 9.28. The highest BCUT2D eigenvalue weighted by Gasteiger charge is 2.10. The minimum absolute atomic E-state index is 0.234. The van der Waals surface area contributed by atoms with Gasteiger partial charge in [0.2, 0.25) is 0 Å². The number of hydrogen-bond donors (Lipinski definition) is 2. The summed E-state index contributed by atoms with van der Waals surface area (Å²) >= 11 is 0. The van der Waals surface area contributed by atoms with Gasteiger partial charge in [0.15, 0.2) is 0 Å². The number of para-hydroxylation sites is 1. The molecule has 21 heavy (non-hydrogen) atoms. The van der Waals surface area contributed by atoms with Crippen molar-refractivity contribution in [3.63, 3.8) is 0 Å². The van der Waals surface area contributed by atoms with E-state index in [4.69, 9.17) is 10.5 Å². The maximum absolute atomic E-state index is 9.28. The molecule has 0 unspecified atom stereocenters. The Bertz CT molecular complexity index is 760. The molecule has 0 bridgehead atoms. The van der Waals surface area contributed by atoms with Gasteiger partial charge in [-0.3, -0.25) is 0 Å². The van der Waals surface area contributed by atoms with Gasteiger partial charge in [0.05, 0.1) is 11.2 Å². The largest absolute Gasteiger partial charge is 0.508 e. The molecule has 0 fully saturated rings. The Labute approximate surface area is 123 Å². The second kappa shape index (κ2) is 5.40. The van der Waals surface area contributed by atoms with E-state index in [9.17, 15) is 5.11 Å². The summed E-state index contributed by atoms with van der Waals surface area (Å²) in [6.45, 7) is 3.43. The van der Waals surface area contributed by atoms with Crippen LogP contribution in [0.2, 0.25) is 0 Å². The molecule has 1 aromatic heterocycles. The van der Waals surface area contributed by atoms with Crippen molar-refractivity contribution < 1.29 is 9.84 Å². The molecular weight excluding hydrogens is 264 g/mol. The monoisotopic (exact) mass is 282 g/mol. The summed E-state index contributed by atoms with van der Waals surface area (Å²) in [6.07, 6.45) is 2.08. The van der Waals surface area contributed by atoms with Gasteiger partial charge >= 0.3 is 0 Å². The van der Waals surface area contributed by atoms with E-state index in [1.54, 1.807) is 24.3 Å². The first-order valence-corrected chi connectivity index (χ1v) is 6.97. The molecule has 0 amide bonds. The van der Waals surface area contributed by atoms with Crippen molar-refractivity contribution in [1.29, 1.82) is 0 Å². The van der Waals surface area contributed by atoms with E-state index in [0.29, 0.717) is 6.61 Å². The lowest BCUT2D eigenvalue weighted by molar-refractivity contribution is 0.307. The van der Waals surface area contributed by atoms with E-state index in [1.165, 1.54) is 0 Å². The van der Waals surface area contributed by atoms with Crippen LogP contribution in [0.25, 0.3) is 10.9 Å². The molecule has 0 aliphatic carbocycles. The SMILES string of the molecule is CCn1cc(COc2ccc(O)cc2)c2cccc(N)c21. The molecule has 1 heterocycles. The van der Waals surface area contributed by atoms with E-state index in [-0.39, 0.29) is 5.75 Å². The van der Waals surface area contributed by atoms with Crippen LogP contribution < -0.4 is 10.5 Å². The van der Waals surface area contributed by atoms with Gasteiger partial charge in [-0.05, 0) is 37.3 Å². The number of ether oxygens (including phenoxy) is 1. The fraction of sp³-hybridized carbons (Fsp3) is 0.176. The van der Waals surface area contributed by atoms with E-state index in [1.807, 2.05) is 12.1 Å². The van der Waals surface area contributed by atoms with Gasteiger partial charge in [0.25, 0.3) is 0 Å². The number of rotatable bonds is 4. The van der Waals surface area contributed by atoms with E-state index in [0.717, 1.165) is 34.4 Å². The van der Waals surface area contributed by atoms with Crippen LogP contribution in [-0.4, -0.2) is 9.67 Å². The summed E-state index contributed by atoms with van der Waals surface area (Å²) in [6, 6.07) is 12.7. The summed E-state index contributed by atoms with van der Waals surface area (Å²) in [4.78, 5) is 0. The Kier molecular flexibility index (Phi) is 3.44. The van der Waals surface area contributed by atoms with Gasteiger partial charge in [-0.1, -0.05) is 12.1 Å². The zero-order chi connectivity index (χ0) is 14.8. The molecule has 3 N–H and O–H groups in total. The highest BCUT2D eigenvalue weighted by molar-refractivity contribution is 5.93. The zero-order valence-electron chi connectivity index (χ0n) is 11.9. The Balaban J connectivity index is 1.90. The normalized spacial score (nSPS) is 10.9. The molecule has 0 saturated heterocycles. The number of fused-ring (bicyclic) bond motifs is 1. The van der Waals surface area contributed by atoms with E-state index in [2.05, 4.69) is 23.8 Å². The Morgan fingerprint density at radius 2 is 1.90 bits per heavy atom. The number of aryl methyl sites for hydroxylation is 1. The van der Waals surface area contributed by atoms with Crippen molar-refractivity contribution in [2.24, 2.45) is 0 Å². The summed E-state index contributed by atoms with van der Waals surface area (Å²) < 4.78 is 7.93. The quantitative estimate of drug-likeness (QED) is 0.720. The standard InChI is InChI=1S/C17H18N2O2/c1-2-19-10-12(15-4-3-5-16(18)17(15)19)11-21-14-8-6-13(20)7-9-14/h3-10,20H,2,11,18H2,1H3. The highest BCUT2D eigenvalue weighted by atomic mass is 16.5. The lowest BCUT2D eigenvalue weighted by Crippen LogP contribution is -1.95.